The van der Waals surface area contributed by atoms with Gasteiger partial charge in [-0.05, 0) is 36.4 Å². The molecule has 0 amide bonds. The van der Waals surface area contributed by atoms with Crippen LogP contribution < -0.4 is 4.72 Å². The third-order valence-electron chi connectivity index (χ3n) is 4.13. The summed E-state index contributed by atoms with van der Waals surface area (Å²) >= 11 is 0. The molecular formula is C19H13F3N4O4S. The first-order valence-electron chi connectivity index (χ1n) is 8.73. The van der Waals surface area contributed by atoms with E-state index in [0.29, 0.717) is 17.1 Å². The van der Waals surface area contributed by atoms with Gasteiger partial charge >= 0.3 is 6.18 Å². The largest absolute Gasteiger partial charge is 0.416 e. The lowest BCUT2D eigenvalue weighted by Gasteiger charge is -2.11. The number of rotatable bonds is 6. The zero-order valence-electron chi connectivity index (χ0n) is 15.5. The second-order valence-corrected chi connectivity index (χ2v) is 8.07. The number of nitrogens with one attached hydrogen (secondary N) is 1. The first-order valence-corrected chi connectivity index (χ1v) is 10.2. The molecule has 0 aliphatic rings. The highest BCUT2D eigenvalue weighted by Crippen LogP contribution is 2.31. The molecule has 0 fully saturated rings. The number of nitrogens with zero attached hydrogens (tertiary/aromatic N) is 3. The molecule has 0 saturated heterocycles. The quantitative estimate of drug-likeness (QED) is 0.470. The van der Waals surface area contributed by atoms with Gasteiger partial charge in [-0.15, -0.1) is 0 Å². The number of anilines is 1. The third kappa shape index (κ3) is 4.74. The van der Waals surface area contributed by atoms with Gasteiger partial charge in [0.1, 0.15) is 5.76 Å². The van der Waals surface area contributed by atoms with E-state index in [1.54, 1.807) is 12.1 Å². The summed E-state index contributed by atoms with van der Waals surface area (Å²) in [6.45, 7) is 0. The van der Waals surface area contributed by atoms with Gasteiger partial charge in [0.15, 0.2) is 5.82 Å². The molecule has 2 aromatic heterocycles. The van der Waals surface area contributed by atoms with Crippen LogP contribution in [0.15, 0.2) is 74.7 Å². The van der Waals surface area contributed by atoms with Crippen molar-refractivity contribution in [3.05, 3.63) is 77.9 Å². The Balaban J connectivity index is 1.57. The molecule has 0 aliphatic heterocycles. The van der Waals surface area contributed by atoms with E-state index in [2.05, 4.69) is 20.0 Å². The summed E-state index contributed by atoms with van der Waals surface area (Å²) in [6.07, 6.45) is -2.89. The van der Waals surface area contributed by atoms with Crippen LogP contribution in [0.5, 0.6) is 0 Å². The first kappa shape index (κ1) is 20.6. The molecule has 0 aliphatic carbocycles. The Morgan fingerprint density at radius 1 is 1.00 bits per heavy atom. The van der Waals surface area contributed by atoms with E-state index in [1.807, 2.05) is 0 Å². The molecule has 12 heteroatoms. The molecule has 0 atom stereocenters. The summed E-state index contributed by atoms with van der Waals surface area (Å²) in [4.78, 5) is 4.01. The minimum Gasteiger partial charge on any atom is -0.361 e. The van der Waals surface area contributed by atoms with Crippen LogP contribution in [-0.4, -0.2) is 23.7 Å². The molecule has 0 radical (unpaired) electrons. The van der Waals surface area contributed by atoms with Crippen molar-refractivity contribution in [3.8, 4) is 11.5 Å². The van der Waals surface area contributed by atoms with Crippen molar-refractivity contribution in [2.24, 2.45) is 0 Å². The minimum atomic E-state index is -4.59. The van der Waals surface area contributed by atoms with Gasteiger partial charge in [-0.3, -0.25) is 4.72 Å². The zero-order valence-corrected chi connectivity index (χ0v) is 16.3. The number of aromatic nitrogens is 3. The van der Waals surface area contributed by atoms with Gasteiger partial charge in [0, 0.05) is 17.3 Å². The summed E-state index contributed by atoms with van der Waals surface area (Å²) < 4.78 is 76.3. The summed E-state index contributed by atoms with van der Waals surface area (Å²) in [5, 5.41) is 7.39. The molecule has 0 spiro atoms. The summed E-state index contributed by atoms with van der Waals surface area (Å²) in [5.41, 5.74) is -0.859. The Labute approximate surface area is 173 Å². The van der Waals surface area contributed by atoms with E-state index in [-0.39, 0.29) is 22.9 Å². The lowest BCUT2D eigenvalue weighted by molar-refractivity contribution is -0.137. The predicted molar refractivity (Wildman–Crippen MR) is 101 cm³/mol. The average molecular weight is 450 g/mol. The molecule has 2 heterocycles. The van der Waals surface area contributed by atoms with Gasteiger partial charge in [0.2, 0.25) is 0 Å². The van der Waals surface area contributed by atoms with Crippen molar-refractivity contribution in [1.29, 1.82) is 0 Å². The average Bonchev–Trinajstić information content (AvgIpc) is 3.40. The topological polar surface area (TPSA) is 111 Å². The van der Waals surface area contributed by atoms with Gasteiger partial charge < -0.3 is 9.05 Å². The van der Waals surface area contributed by atoms with Gasteiger partial charge in [-0.2, -0.15) is 18.2 Å². The fourth-order valence-corrected chi connectivity index (χ4v) is 3.80. The molecule has 0 bridgehead atoms. The number of alkyl halides is 3. The standard InChI is InChI=1S/C19H13F3N4O4S/c20-19(21,22)13-4-2-5-14(10-13)26-31(27,28)16-6-1-3-12(9-16)18-24-17(25-30-18)11-15-7-8-23-29-15/h1-10,26H,11H2. The third-order valence-corrected chi connectivity index (χ3v) is 5.50. The summed E-state index contributed by atoms with van der Waals surface area (Å²) in [6, 6.07) is 11.1. The van der Waals surface area contributed by atoms with Crippen molar-refractivity contribution < 1.29 is 30.6 Å². The Morgan fingerprint density at radius 2 is 1.81 bits per heavy atom. The predicted octanol–water partition coefficient (Wildman–Crippen LogP) is 4.14. The Bertz CT molecular complexity index is 1300. The zero-order chi connectivity index (χ0) is 22.1. The lowest BCUT2D eigenvalue weighted by Crippen LogP contribution is -2.14. The van der Waals surface area contributed by atoms with Crippen LogP contribution >= 0.6 is 0 Å². The van der Waals surface area contributed by atoms with Crippen molar-refractivity contribution >= 4 is 15.7 Å². The molecule has 4 aromatic rings. The highest BCUT2D eigenvalue weighted by molar-refractivity contribution is 7.92. The molecule has 8 nitrogen and oxygen atoms in total. The van der Waals surface area contributed by atoms with Gasteiger partial charge in [0.25, 0.3) is 15.9 Å². The monoisotopic (exact) mass is 450 g/mol. The van der Waals surface area contributed by atoms with E-state index < -0.39 is 21.8 Å². The highest BCUT2D eigenvalue weighted by Gasteiger charge is 2.30. The molecule has 4 rings (SSSR count). The molecule has 0 unspecified atom stereocenters. The summed E-state index contributed by atoms with van der Waals surface area (Å²) in [7, 11) is -4.17. The fraction of sp³-hybridized carbons (Fsp3) is 0.105. The van der Waals surface area contributed by atoms with Crippen LogP contribution in [0, 0.1) is 0 Å². The summed E-state index contributed by atoms with van der Waals surface area (Å²) in [5.74, 6) is 0.904. The number of hydrogen-bond acceptors (Lipinski definition) is 7. The maximum Gasteiger partial charge on any atom is 0.416 e. The van der Waals surface area contributed by atoms with Crippen LogP contribution in [0.2, 0.25) is 0 Å². The fourth-order valence-electron chi connectivity index (χ4n) is 2.70. The van der Waals surface area contributed by atoms with E-state index in [1.165, 1.54) is 30.5 Å². The number of halogens is 3. The van der Waals surface area contributed by atoms with E-state index in [0.717, 1.165) is 18.2 Å². The van der Waals surface area contributed by atoms with Crippen LogP contribution in [0.4, 0.5) is 18.9 Å². The Hall–Kier alpha value is -3.67. The molecule has 1 N–H and O–H groups in total. The second-order valence-electron chi connectivity index (χ2n) is 6.38. The van der Waals surface area contributed by atoms with Crippen molar-refractivity contribution in [3.63, 3.8) is 0 Å². The van der Waals surface area contributed by atoms with Crippen molar-refractivity contribution in [1.82, 2.24) is 15.3 Å². The minimum absolute atomic E-state index is 0.0747. The highest BCUT2D eigenvalue weighted by atomic mass is 32.2. The molecular weight excluding hydrogens is 437 g/mol. The molecule has 160 valence electrons. The van der Waals surface area contributed by atoms with Crippen molar-refractivity contribution in [2.75, 3.05) is 4.72 Å². The van der Waals surface area contributed by atoms with Gasteiger partial charge in [-0.1, -0.05) is 22.4 Å². The van der Waals surface area contributed by atoms with Crippen LogP contribution in [0.1, 0.15) is 17.1 Å². The molecule has 31 heavy (non-hydrogen) atoms. The van der Waals surface area contributed by atoms with Gasteiger partial charge in [-0.25, -0.2) is 8.42 Å². The van der Waals surface area contributed by atoms with Gasteiger partial charge in [0.05, 0.1) is 23.1 Å². The Kier molecular flexibility index (Phi) is 5.23. The molecule has 0 saturated carbocycles. The second kappa shape index (κ2) is 7.87. The number of hydrogen-bond donors (Lipinski definition) is 1. The maximum absolute atomic E-state index is 12.9. The van der Waals surface area contributed by atoms with E-state index in [4.69, 9.17) is 9.05 Å². The Morgan fingerprint density at radius 3 is 2.55 bits per heavy atom. The SMILES string of the molecule is O=S(=O)(Nc1cccc(C(F)(F)F)c1)c1cccc(-c2nc(Cc3ccno3)no2)c1. The normalized spacial score (nSPS) is 12.1. The smallest absolute Gasteiger partial charge is 0.361 e. The lowest BCUT2D eigenvalue weighted by atomic mass is 10.2. The molecule has 2 aromatic carbocycles. The first-order chi connectivity index (χ1) is 14.7. The van der Waals surface area contributed by atoms with E-state index in [9.17, 15) is 21.6 Å². The number of sulfonamides is 1. The van der Waals surface area contributed by atoms with Crippen molar-refractivity contribution in [2.45, 2.75) is 17.5 Å². The van der Waals surface area contributed by atoms with Crippen LogP contribution in [0.25, 0.3) is 11.5 Å². The number of benzene rings is 2. The van der Waals surface area contributed by atoms with E-state index >= 15 is 0 Å². The van der Waals surface area contributed by atoms with Crippen LogP contribution in [0.3, 0.4) is 0 Å². The maximum atomic E-state index is 12.9. The van der Waals surface area contributed by atoms with Crippen LogP contribution in [-0.2, 0) is 22.6 Å².